The smallest absolute Gasteiger partial charge is 0.253 e. The largest absolute Gasteiger partial charge is 0.391 e. The number of hydrogen-bond donors (Lipinski definition) is 1. The summed E-state index contributed by atoms with van der Waals surface area (Å²) in [7, 11) is 0. The maximum Gasteiger partial charge on any atom is 0.253 e. The van der Waals surface area contributed by atoms with Gasteiger partial charge in [-0.05, 0) is 50.6 Å². The van der Waals surface area contributed by atoms with Crippen LogP contribution in [0.5, 0.6) is 0 Å². The van der Waals surface area contributed by atoms with Crippen LogP contribution >= 0.6 is 0 Å². The lowest BCUT2D eigenvalue weighted by molar-refractivity contribution is 0.00273. The minimum atomic E-state index is -0.148. The molecular weight excluding hydrogens is 302 g/mol. The maximum atomic E-state index is 12.3. The molecule has 2 heterocycles. The summed E-state index contributed by atoms with van der Waals surface area (Å²) >= 11 is 0. The van der Waals surface area contributed by atoms with Gasteiger partial charge in [0.1, 0.15) is 0 Å². The summed E-state index contributed by atoms with van der Waals surface area (Å²) in [5.41, 5.74) is 0.941. The van der Waals surface area contributed by atoms with Gasteiger partial charge in [0.25, 0.3) is 5.56 Å². The van der Waals surface area contributed by atoms with Crippen LogP contribution < -0.4 is 5.56 Å². The zero-order chi connectivity index (χ0) is 17.1. The Bertz CT molecular complexity index is 591. The molecule has 2 aliphatic rings. The third-order valence-corrected chi connectivity index (χ3v) is 5.76. The Morgan fingerprint density at radius 2 is 1.92 bits per heavy atom. The lowest BCUT2D eigenvalue weighted by Gasteiger charge is -2.41. The van der Waals surface area contributed by atoms with Gasteiger partial charge in [-0.2, -0.15) is 0 Å². The third-order valence-electron chi connectivity index (χ3n) is 5.76. The van der Waals surface area contributed by atoms with Crippen LogP contribution in [-0.2, 0) is 6.54 Å². The van der Waals surface area contributed by atoms with Crippen LogP contribution in [0.1, 0.15) is 64.0 Å². The van der Waals surface area contributed by atoms with Gasteiger partial charge in [0, 0.05) is 18.7 Å². The predicted octanol–water partition coefficient (Wildman–Crippen LogP) is 2.38. The maximum absolute atomic E-state index is 12.3. The monoisotopic (exact) mass is 333 g/mol. The number of aliphatic hydroxyl groups excluding tert-OH is 1. The molecule has 24 heavy (non-hydrogen) atoms. The van der Waals surface area contributed by atoms with E-state index in [0.29, 0.717) is 12.0 Å². The van der Waals surface area contributed by atoms with Gasteiger partial charge in [-0.3, -0.25) is 14.3 Å². The first kappa shape index (κ1) is 17.6. The van der Waals surface area contributed by atoms with Crippen molar-refractivity contribution in [3.8, 4) is 0 Å². The molecule has 0 bridgehead atoms. The Balaban J connectivity index is 1.55. The highest BCUT2D eigenvalue weighted by Crippen LogP contribution is 2.28. The highest BCUT2D eigenvalue weighted by molar-refractivity contribution is 5.04. The normalized spacial score (nSPS) is 26.8. The van der Waals surface area contributed by atoms with Crippen molar-refractivity contribution in [1.29, 1.82) is 0 Å². The van der Waals surface area contributed by atoms with E-state index in [-0.39, 0.29) is 17.6 Å². The van der Waals surface area contributed by atoms with Crippen molar-refractivity contribution in [2.75, 3.05) is 13.1 Å². The van der Waals surface area contributed by atoms with Gasteiger partial charge in [0.05, 0.1) is 18.1 Å². The molecule has 0 spiro atoms. The summed E-state index contributed by atoms with van der Waals surface area (Å²) in [4.78, 5) is 19.2. The lowest BCUT2D eigenvalue weighted by atomic mass is 9.88. The molecule has 5 nitrogen and oxygen atoms in total. The summed E-state index contributed by atoms with van der Waals surface area (Å²) in [5.74, 6) is 0.823. The Hall–Kier alpha value is -1.20. The Morgan fingerprint density at radius 3 is 2.54 bits per heavy atom. The van der Waals surface area contributed by atoms with Gasteiger partial charge in [-0.15, -0.1) is 0 Å². The fraction of sp³-hybridized carbons (Fsp3) is 0.789. The van der Waals surface area contributed by atoms with E-state index in [9.17, 15) is 9.90 Å². The molecule has 1 saturated heterocycles. The molecule has 1 aromatic heterocycles. The highest BCUT2D eigenvalue weighted by Gasteiger charge is 2.31. The van der Waals surface area contributed by atoms with Crippen LogP contribution in [0.4, 0.5) is 0 Å². The molecule has 1 saturated carbocycles. The molecular formula is C19H31N3O2. The second kappa shape index (κ2) is 7.79. The first-order valence-corrected chi connectivity index (χ1v) is 9.53. The van der Waals surface area contributed by atoms with E-state index >= 15 is 0 Å². The summed E-state index contributed by atoms with van der Waals surface area (Å²) < 4.78 is 1.77. The van der Waals surface area contributed by atoms with Gasteiger partial charge in [-0.1, -0.05) is 26.7 Å². The van der Waals surface area contributed by atoms with E-state index in [1.54, 1.807) is 17.0 Å². The SMILES string of the molecule is CC(C)c1cc(=O)n(CC2CCN(C3CCCCC3O)CC2)cn1. The van der Waals surface area contributed by atoms with Crippen LogP contribution in [-0.4, -0.2) is 44.8 Å². The fourth-order valence-electron chi connectivity index (χ4n) is 4.16. The van der Waals surface area contributed by atoms with E-state index in [4.69, 9.17) is 0 Å². The standard InChI is InChI=1S/C19H31N3O2/c1-14(2)16-11-19(24)22(13-20-16)12-15-7-9-21(10-8-15)17-5-3-4-6-18(17)23/h11,13-15,17-18,23H,3-10,12H2,1-2H3. The van der Waals surface area contributed by atoms with E-state index in [0.717, 1.165) is 57.4 Å². The van der Waals surface area contributed by atoms with Crippen molar-refractivity contribution < 1.29 is 5.11 Å². The lowest BCUT2D eigenvalue weighted by Crippen LogP contribution is -2.49. The van der Waals surface area contributed by atoms with E-state index < -0.39 is 0 Å². The van der Waals surface area contributed by atoms with Gasteiger partial charge >= 0.3 is 0 Å². The van der Waals surface area contributed by atoms with Crippen LogP contribution in [0.2, 0.25) is 0 Å². The molecule has 2 atom stereocenters. The number of likely N-dealkylation sites (tertiary alicyclic amines) is 1. The number of rotatable bonds is 4. The van der Waals surface area contributed by atoms with Gasteiger partial charge in [0.15, 0.2) is 0 Å². The predicted molar refractivity (Wildman–Crippen MR) is 95.1 cm³/mol. The van der Waals surface area contributed by atoms with Crippen molar-refractivity contribution in [2.45, 2.75) is 77.0 Å². The van der Waals surface area contributed by atoms with Crippen molar-refractivity contribution in [1.82, 2.24) is 14.5 Å². The first-order chi connectivity index (χ1) is 11.5. The van der Waals surface area contributed by atoms with Crippen molar-refractivity contribution >= 4 is 0 Å². The number of aromatic nitrogens is 2. The topological polar surface area (TPSA) is 58.4 Å². The van der Waals surface area contributed by atoms with E-state index in [1.807, 2.05) is 0 Å². The van der Waals surface area contributed by atoms with E-state index in [1.165, 1.54) is 6.42 Å². The van der Waals surface area contributed by atoms with Crippen LogP contribution in [0, 0.1) is 5.92 Å². The summed E-state index contributed by atoms with van der Waals surface area (Å²) in [6.07, 6.45) is 8.25. The zero-order valence-electron chi connectivity index (χ0n) is 15.0. The Labute approximate surface area is 144 Å². The van der Waals surface area contributed by atoms with Gasteiger partial charge in [-0.25, -0.2) is 4.98 Å². The van der Waals surface area contributed by atoms with Crippen molar-refractivity contribution in [3.05, 3.63) is 28.4 Å². The van der Waals surface area contributed by atoms with Crippen molar-refractivity contribution in [3.63, 3.8) is 0 Å². The molecule has 2 fully saturated rings. The van der Waals surface area contributed by atoms with Gasteiger partial charge in [0.2, 0.25) is 0 Å². The third kappa shape index (κ3) is 4.06. The van der Waals surface area contributed by atoms with Crippen LogP contribution in [0.3, 0.4) is 0 Å². The minimum absolute atomic E-state index is 0.0684. The molecule has 0 aromatic carbocycles. The summed E-state index contributed by atoms with van der Waals surface area (Å²) in [6.45, 7) is 6.96. The molecule has 0 amide bonds. The molecule has 5 heteroatoms. The number of hydrogen-bond acceptors (Lipinski definition) is 4. The Morgan fingerprint density at radius 1 is 1.21 bits per heavy atom. The average molecular weight is 333 g/mol. The highest BCUT2D eigenvalue weighted by atomic mass is 16.3. The quantitative estimate of drug-likeness (QED) is 0.919. The number of nitrogens with zero attached hydrogens (tertiary/aromatic N) is 3. The molecule has 1 N–H and O–H groups in total. The Kier molecular flexibility index (Phi) is 5.72. The molecule has 1 aromatic rings. The number of piperidine rings is 1. The molecule has 134 valence electrons. The average Bonchev–Trinajstić information content (AvgIpc) is 2.58. The molecule has 2 unspecified atom stereocenters. The first-order valence-electron chi connectivity index (χ1n) is 9.53. The van der Waals surface area contributed by atoms with Crippen LogP contribution in [0.15, 0.2) is 17.2 Å². The molecule has 3 rings (SSSR count). The summed E-state index contributed by atoms with van der Waals surface area (Å²) in [6, 6.07) is 2.03. The van der Waals surface area contributed by atoms with E-state index in [2.05, 4.69) is 23.7 Å². The minimum Gasteiger partial charge on any atom is -0.391 e. The molecule has 0 radical (unpaired) electrons. The number of aliphatic hydroxyl groups is 1. The second-order valence-corrected chi connectivity index (χ2v) is 7.86. The summed E-state index contributed by atoms with van der Waals surface area (Å²) in [5, 5.41) is 10.2. The zero-order valence-corrected chi connectivity index (χ0v) is 15.0. The van der Waals surface area contributed by atoms with Gasteiger partial charge < -0.3 is 5.11 Å². The molecule has 1 aliphatic carbocycles. The fourth-order valence-corrected chi connectivity index (χ4v) is 4.16. The van der Waals surface area contributed by atoms with Crippen LogP contribution in [0.25, 0.3) is 0 Å². The van der Waals surface area contributed by atoms with Crippen molar-refractivity contribution in [2.24, 2.45) is 5.92 Å². The second-order valence-electron chi connectivity index (χ2n) is 7.86. The molecule has 1 aliphatic heterocycles.